The first kappa shape index (κ1) is 13.4. The van der Waals surface area contributed by atoms with Gasteiger partial charge in [-0.25, -0.2) is 4.79 Å². The van der Waals surface area contributed by atoms with Crippen LogP contribution in [0.15, 0.2) is 36.4 Å². The molecule has 0 atom stereocenters. The molecular weight excluding hydrogens is 260 g/mol. The van der Waals surface area contributed by atoms with Gasteiger partial charge in [0.1, 0.15) is 4.88 Å². The number of aromatic carboxylic acids is 1. The van der Waals surface area contributed by atoms with Gasteiger partial charge in [-0.15, -0.1) is 11.3 Å². The van der Waals surface area contributed by atoms with E-state index in [1.165, 1.54) is 11.3 Å². The van der Waals surface area contributed by atoms with E-state index in [-0.39, 0.29) is 0 Å². The van der Waals surface area contributed by atoms with Crippen LogP contribution in [-0.2, 0) is 6.54 Å². The van der Waals surface area contributed by atoms with Crippen LogP contribution < -0.4 is 10.2 Å². The maximum absolute atomic E-state index is 10.8. The van der Waals surface area contributed by atoms with Gasteiger partial charge in [0.05, 0.1) is 0 Å². The summed E-state index contributed by atoms with van der Waals surface area (Å²) in [5.74, 6) is -0.870. The Morgan fingerprint density at radius 1 is 1.32 bits per heavy atom. The van der Waals surface area contributed by atoms with E-state index >= 15 is 0 Å². The molecule has 2 rings (SSSR count). The SMILES string of the molecule is CN(C)c1cccc(NCc2ccc(C(=O)O)s2)c1. The maximum atomic E-state index is 10.8. The highest BCUT2D eigenvalue weighted by Crippen LogP contribution is 2.20. The van der Waals surface area contributed by atoms with Crippen molar-refractivity contribution in [1.82, 2.24) is 0 Å². The van der Waals surface area contributed by atoms with Crippen molar-refractivity contribution in [2.45, 2.75) is 6.54 Å². The number of carboxylic acids is 1. The lowest BCUT2D eigenvalue weighted by atomic mass is 10.2. The molecule has 0 aliphatic heterocycles. The number of hydrogen-bond acceptors (Lipinski definition) is 4. The lowest BCUT2D eigenvalue weighted by Gasteiger charge is -2.14. The summed E-state index contributed by atoms with van der Waals surface area (Å²) < 4.78 is 0. The zero-order valence-electron chi connectivity index (χ0n) is 10.9. The first-order valence-electron chi connectivity index (χ1n) is 5.89. The summed E-state index contributed by atoms with van der Waals surface area (Å²) in [6.45, 7) is 0.634. The molecule has 1 heterocycles. The fourth-order valence-corrected chi connectivity index (χ4v) is 2.46. The summed E-state index contributed by atoms with van der Waals surface area (Å²) in [5, 5.41) is 12.2. The second kappa shape index (κ2) is 5.75. The second-order valence-corrected chi connectivity index (χ2v) is 5.54. The van der Waals surface area contributed by atoms with E-state index in [1.807, 2.05) is 43.3 Å². The van der Waals surface area contributed by atoms with Crippen molar-refractivity contribution in [3.63, 3.8) is 0 Å². The fourth-order valence-electron chi connectivity index (χ4n) is 1.67. The standard InChI is InChI=1S/C14H16N2O2S/c1-16(2)11-5-3-4-10(8-11)15-9-12-6-7-13(19-12)14(17)18/h3-8,15H,9H2,1-2H3,(H,17,18). The van der Waals surface area contributed by atoms with Crippen LogP contribution in [0.4, 0.5) is 11.4 Å². The average Bonchev–Trinajstić information content (AvgIpc) is 2.85. The first-order valence-corrected chi connectivity index (χ1v) is 6.71. The third-order valence-electron chi connectivity index (χ3n) is 2.70. The summed E-state index contributed by atoms with van der Waals surface area (Å²) in [5.41, 5.74) is 2.15. The van der Waals surface area contributed by atoms with Gasteiger partial charge < -0.3 is 15.3 Å². The van der Waals surface area contributed by atoms with E-state index < -0.39 is 5.97 Å². The Kier molecular flexibility index (Phi) is 4.06. The van der Waals surface area contributed by atoms with Crippen LogP contribution in [0.2, 0.25) is 0 Å². The minimum atomic E-state index is -0.870. The molecule has 19 heavy (non-hydrogen) atoms. The summed E-state index contributed by atoms with van der Waals surface area (Å²) in [7, 11) is 4.00. The van der Waals surface area contributed by atoms with Gasteiger partial charge in [0, 0.05) is 36.9 Å². The Balaban J connectivity index is 2.01. The van der Waals surface area contributed by atoms with Gasteiger partial charge in [0.25, 0.3) is 0 Å². The van der Waals surface area contributed by atoms with Crippen LogP contribution in [0, 0.1) is 0 Å². The van der Waals surface area contributed by atoms with Gasteiger partial charge >= 0.3 is 5.97 Å². The molecule has 0 unspecified atom stereocenters. The largest absolute Gasteiger partial charge is 0.477 e. The van der Waals surface area contributed by atoms with E-state index in [0.29, 0.717) is 11.4 Å². The van der Waals surface area contributed by atoms with Crippen molar-refractivity contribution in [3.05, 3.63) is 46.2 Å². The lowest BCUT2D eigenvalue weighted by molar-refractivity contribution is 0.0702. The van der Waals surface area contributed by atoms with Crippen LogP contribution in [0.25, 0.3) is 0 Å². The molecule has 0 fully saturated rings. The fraction of sp³-hybridized carbons (Fsp3) is 0.214. The lowest BCUT2D eigenvalue weighted by Crippen LogP contribution is -2.08. The minimum Gasteiger partial charge on any atom is -0.477 e. The van der Waals surface area contributed by atoms with Crippen molar-refractivity contribution in [2.24, 2.45) is 0 Å². The zero-order valence-corrected chi connectivity index (χ0v) is 11.7. The highest BCUT2D eigenvalue weighted by Gasteiger charge is 2.06. The monoisotopic (exact) mass is 276 g/mol. The molecule has 0 radical (unpaired) electrons. The molecule has 1 aromatic heterocycles. The average molecular weight is 276 g/mol. The van der Waals surface area contributed by atoms with E-state index in [9.17, 15) is 4.79 Å². The maximum Gasteiger partial charge on any atom is 0.345 e. The molecule has 0 aliphatic carbocycles. The molecule has 2 N–H and O–H groups in total. The number of rotatable bonds is 5. The highest BCUT2D eigenvalue weighted by atomic mass is 32.1. The Labute approximate surface area is 116 Å². The van der Waals surface area contributed by atoms with Crippen molar-refractivity contribution >= 4 is 28.7 Å². The quantitative estimate of drug-likeness (QED) is 0.881. The summed E-state index contributed by atoms with van der Waals surface area (Å²) >= 11 is 1.30. The summed E-state index contributed by atoms with van der Waals surface area (Å²) in [6, 6.07) is 11.6. The molecule has 4 nitrogen and oxygen atoms in total. The molecule has 0 saturated carbocycles. The Hall–Kier alpha value is -2.01. The van der Waals surface area contributed by atoms with Crippen LogP contribution in [0.1, 0.15) is 14.5 Å². The molecule has 0 amide bonds. The smallest absolute Gasteiger partial charge is 0.345 e. The predicted molar refractivity (Wildman–Crippen MR) is 79.4 cm³/mol. The summed E-state index contributed by atoms with van der Waals surface area (Å²) in [6.07, 6.45) is 0. The number of benzene rings is 1. The Morgan fingerprint density at radius 3 is 2.74 bits per heavy atom. The number of hydrogen-bond donors (Lipinski definition) is 2. The van der Waals surface area contributed by atoms with Crippen molar-refractivity contribution in [1.29, 1.82) is 0 Å². The molecule has 2 aromatic rings. The molecule has 0 spiro atoms. The third kappa shape index (κ3) is 3.48. The second-order valence-electron chi connectivity index (χ2n) is 4.37. The highest BCUT2D eigenvalue weighted by molar-refractivity contribution is 7.13. The van der Waals surface area contributed by atoms with Crippen LogP contribution in [0.5, 0.6) is 0 Å². The van der Waals surface area contributed by atoms with Gasteiger partial charge in [-0.2, -0.15) is 0 Å². The number of nitrogens with one attached hydrogen (secondary N) is 1. The van der Waals surface area contributed by atoms with Crippen LogP contribution >= 0.6 is 11.3 Å². The van der Waals surface area contributed by atoms with Crippen molar-refractivity contribution in [2.75, 3.05) is 24.3 Å². The van der Waals surface area contributed by atoms with E-state index in [2.05, 4.69) is 11.4 Å². The van der Waals surface area contributed by atoms with E-state index in [4.69, 9.17) is 5.11 Å². The molecule has 0 saturated heterocycles. The van der Waals surface area contributed by atoms with E-state index in [0.717, 1.165) is 16.3 Å². The molecule has 1 aromatic carbocycles. The summed E-state index contributed by atoms with van der Waals surface area (Å²) in [4.78, 5) is 14.2. The van der Waals surface area contributed by atoms with Crippen molar-refractivity contribution in [3.8, 4) is 0 Å². The van der Waals surface area contributed by atoms with E-state index in [1.54, 1.807) is 6.07 Å². The molecule has 5 heteroatoms. The molecule has 0 aliphatic rings. The number of carboxylic acid groups (broad SMARTS) is 1. The normalized spacial score (nSPS) is 10.2. The Morgan fingerprint density at radius 2 is 2.11 bits per heavy atom. The molecule has 0 bridgehead atoms. The molecule has 100 valence electrons. The Bertz CT molecular complexity index is 578. The van der Waals surface area contributed by atoms with Crippen molar-refractivity contribution < 1.29 is 9.90 Å². The van der Waals surface area contributed by atoms with Crippen LogP contribution in [-0.4, -0.2) is 25.2 Å². The third-order valence-corrected chi connectivity index (χ3v) is 3.77. The van der Waals surface area contributed by atoms with Gasteiger partial charge in [0.15, 0.2) is 0 Å². The van der Waals surface area contributed by atoms with Crippen LogP contribution in [0.3, 0.4) is 0 Å². The van der Waals surface area contributed by atoms with Gasteiger partial charge in [-0.1, -0.05) is 6.07 Å². The minimum absolute atomic E-state index is 0.374. The number of nitrogens with zero attached hydrogens (tertiary/aromatic N) is 1. The van der Waals surface area contributed by atoms with Gasteiger partial charge in [0.2, 0.25) is 0 Å². The predicted octanol–water partition coefficient (Wildman–Crippen LogP) is 3.12. The topological polar surface area (TPSA) is 52.6 Å². The van der Waals surface area contributed by atoms with Gasteiger partial charge in [-0.05, 0) is 30.3 Å². The first-order chi connectivity index (χ1) is 9.06. The van der Waals surface area contributed by atoms with Gasteiger partial charge in [-0.3, -0.25) is 0 Å². The zero-order chi connectivity index (χ0) is 13.8. The molecular formula is C14H16N2O2S. The number of carbonyl (C=O) groups is 1. The number of thiophene rings is 1. The number of anilines is 2.